The van der Waals surface area contributed by atoms with Crippen molar-refractivity contribution in [2.24, 2.45) is 5.92 Å². The van der Waals surface area contributed by atoms with E-state index in [9.17, 15) is 14.4 Å². The van der Waals surface area contributed by atoms with Crippen LogP contribution >= 0.6 is 0 Å². The number of amides is 1. The second-order valence-electron chi connectivity index (χ2n) is 7.77. The molecule has 3 rings (SSSR count). The van der Waals surface area contributed by atoms with E-state index in [2.05, 4.69) is 29.3 Å². The van der Waals surface area contributed by atoms with Crippen LogP contribution < -0.4 is 5.32 Å². The van der Waals surface area contributed by atoms with Crippen LogP contribution in [0.2, 0.25) is 0 Å². The van der Waals surface area contributed by atoms with Gasteiger partial charge in [0.15, 0.2) is 0 Å². The number of aryl methyl sites for hydroxylation is 1. The topological polar surface area (TPSA) is 84.9 Å². The van der Waals surface area contributed by atoms with Gasteiger partial charge in [-0.3, -0.25) is 9.69 Å². The summed E-state index contributed by atoms with van der Waals surface area (Å²) in [4.78, 5) is 39.2. The first-order valence-corrected chi connectivity index (χ1v) is 10.3. The van der Waals surface area contributed by atoms with Gasteiger partial charge in [0.2, 0.25) is 5.91 Å². The molecular weight excluding hydrogens is 396 g/mol. The third kappa shape index (κ3) is 5.70. The number of esters is 2. The zero-order valence-electron chi connectivity index (χ0n) is 18.1. The number of piperidine rings is 1. The number of hydrogen-bond acceptors (Lipinski definition) is 6. The number of anilines is 1. The lowest BCUT2D eigenvalue weighted by molar-refractivity contribution is -0.121. The molecule has 1 fully saturated rings. The van der Waals surface area contributed by atoms with Gasteiger partial charge < -0.3 is 14.8 Å². The Morgan fingerprint density at radius 1 is 1.03 bits per heavy atom. The fraction of sp³-hybridized carbons (Fsp3) is 0.375. The van der Waals surface area contributed by atoms with Gasteiger partial charge in [-0.05, 0) is 55.6 Å². The van der Waals surface area contributed by atoms with E-state index in [4.69, 9.17) is 9.47 Å². The highest BCUT2D eigenvalue weighted by molar-refractivity contribution is 6.00. The van der Waals surface area contributed by atoms with Crippen molar-refractivity contribution in [1.82, 2.24) is 4.90 Å². The first-order chi connectivity index (χ1) is 14.9. The van der Waals surface area contributed by atoms with Gasteiger partial charge in [-0.15, -0.1) is 0 Å². The molecule has 1 unspecified atom stereocenters. The number of likely N-dealkylation sites (tertiary alicyclic amines) is 1. The van der Waals surface area contributed by atoms with Crippen LogP contribution in [0.3, 0.4) is 0 Å². The molecule has 0 spiro atoms. The van der Waals surface area contributed by atoms with E-state index in [1.807, 2.05) is 12.1 Å². The average Bonchev–Trinajstić information content (AvgIpc) is 2.79. The van der Waals surface area contributed by atoms with Crippen LogP contribution in [0.1, 0.15) is 44.7 Å². The first kappa shape index (κ1) is 22.5. The molecule has 7 nitrogen and oxygen atoms in total. The average molecular weight is 424 g/mol. The number of methoxy groups -OCH3 is 2. The summed E-state index contributed by atoms with van der Waals surface area (Å²) in [6.45, 7) is 4.50. The van der Waals surface area contributed by atoms with Crippen LogP contribution in [-0.2, 0) is 20.8 Å². The summed E-state index contributed by atoms with van der Waals surface area (Å²) in [5, 5.41) is 2.87. The smallest absolute Gasteiger partial charge is 0.337 e. The lowest BCUT2D eigenvalue weighted by atomic mass is 9.96. The van der Waals surface area contributed by atoms with Gasteiger partial charge in [0, 0.05) is 18.8 Å². The van der Waals surface area contributed by atoms with Crippen molar-refractivity contribution in [3.8, 4) is 0 Å². The van der Waals surface area contributed by atoms with Crippen molar-refractivity contribution in [1.29, 1.82) is 0 Å². The third-order valence-electron chi connectivity index (χ3n) is 5.57. The van der Waals surface area contributed by atoms with Crippen molar-refractivity contribution in [2.75, 3.05) is 32.6 Å². The van der Waals surface area contributed by atoms with E-state index < -0.39 is 11.9 Å². The maximum absolute atomic E-state index is 13.0. The number of nitrogens with one attached hydrogen (secondary N) is 1. The number of ether oxygens (including phenoxy) is 2. The molecule has 0 saturated carbocycles. The van der Waals surface area contributed by atoms with E-state index in [1.165, 1.54) is 43.5 Å². The van der Waals surface area contributed by atoms with Gasteiger partial charge in [-0.2, -0.15) is 0 Å². The molecule has 1 aliphatic heterocycles. The Labute approximate surface area is 182 Å². The molecule has 31 heavy (non-hydrogen) atoms. The third-order valence-corrected chi connectivity index (χ3v) is 5.57. The molecule has 1 atom stereocenters. The molecule has 164 valence electrons. The molecule has 0 aliphatic carbocycles. The molecule has 7 heteroatoms. The Morgan fingerprint density at radius 2 is 1.68 bits per heavy atom. The largest absolute Gasteiger partial charge is 0.465 e. The van der Waals surface area contributed by atoms with Crippen molar-refractivity contribution in [3.05, 3.63) is 64.7 Å². The predicted molar refractivity (Wildman–Crippen MR) is 117 cm³/mol. The maximum Gasteiger partial charge on any atom is 0.337 e. The molecule has 1 saturated heterocycles. The van der Waals surface area contributed by atoms with Crippen LogP contribution in [-0.4, -0.2) is 50.1 Å². The van der Waals surface area contributed by atoms with Gasteiger partial charge in [-0.1, -0.05) is 24.3 Å². The Balaban J connectivity index is 1.72. The monoisotopic (exact) mass is 424 g/mol. The van der Waals surface area contributed by atoms with E-state index in [0.29, 0.717) is 12.2 Å². The lowest BCUT2D eigenvalue weighted by Gasteiger charge is -2.32. The van der Waals surface area contributed by atoms with Crippen LogP contribution in [0.4, 0.5) is 5.69 Å². The van der Waals surface area contributed by atoms with Gasteiger partial charge in [-0.25, -0.2) is 9.59 Å². The van der Waals surface area contributed by atoms with Gasteiger partial charge in [0.25, 0.3) is 0 Å². The van der Waals surface area contributed by atoms with E-state index in [1.54, 1.807) is 0 Å². The van der Waals surface area contributed by atoms with Crippen molar-refractivity contribution in [2.45, 2.75) is 26.3 Å². The number of rotatable bonds is 6. The summed E-state index contributed by atoms with van der Waals surface area (Å²) in [6.07, 6.45) is 1.72. The second kappa shape index (κ2) is 10.2. The van der Waals surface area contributed by atoms with E-state index >= 15 is 0 Å². The molecule has 0 bridgehead atoms. The summed E-state index contributed by atoms with van der Waals surface area (Å²) in [5.41, 5.74) is 3.21. The number of carbonyl (C=O) groups excluding carboxylic acids is 3. The maximum atomic E-state index is 13.0. The summed E-state index contributed by atoms with van der Waals surface area (Å²) in [6, 6.07) is 12.7. The molecule has 1 N–H and O–H groups in total. The Kier molecular flexibility index (Phi) is 7.41. The Bertz CT molecular complexity index is 938. The fourth-order valence-electron chi connectivity index (χ4n) is 3.86. The number of carbonyl (C=O) groups is 3. The summed E-state index contributed by atoms with van der Waals surface area (Å²) >= 11 is 0. The number of hydrogen-bond donors (Lipinski definition) is 1. The van der Waals surface area contributed by atoms with Crippen molar-refractivity contribution in [3.63, 3.8) is 0 Å². The Morgan fingerprint density at radius 3 is 2.29 bits per heavy atom. The minimum atomic E-state index is -0.594. The van der Waals surface area contributed by atoms with E-state index in [0.717, 1.165) is 25.9 Å². The highest BCUT2D eigenvalue weighted by atomic mass is 16.5. The van der Waals surface area contributed by atoms with Gasteiger partial charge in [0.05, 0.1) is 31.3 Å². The minimum absolute atomic E-state index is 0.132. The highest BCUT2D eigenvalue weighted by Crippen LogP contribution is 2.23. The normalized spacial score (nSPS) is 16.4. The highest BCUT2D eigenvalue weighted by Gasteiger charge is 2.26. The lowest BCUT2D eigenvalue weighted by Crippen LogP contribution is -2.40. The van der Waals surface area contributed by atoms with Gasteiger partial charge in [0.1, 0.15) is 0 Å². The second-order valence-corrected chi connectivity index (χ2v) is 7.77. The number of nitrogens with zero attached hydrogens (tertiary/aromatic N) is 1. The molecule has 0 aromatic heterocycles. The van der Waals surface area contributed by atoms with Crippen LogP contribution in [0.15, 0.2) is 42.5 Å². The van der Waals surface area contributed by atoms with Crippen LogP contribution in [0.25, 0.3) is 0 Å². The quantitative estimate of drug-likeness (QED) is 0.716. The van der Waals surface area contributed by atoms with Crippen LogP contribution in [0, 0.1) is 12.8 Å². The SMILES string of the molecule is COC(=O)c1cc(NC(=O)C2CCCN(Cc3ccccc3C)C2)cc(C(=O)OC)c1. The molecule has 2 aromatic rings. The summed E-state index contributed by atoms with van der Waals surface area (Å²) < 4.78 is 9.50. The fourth-order valence-corrected chi connectivity index (χ4v) is 3.86. The zero-order chi connectivity index (χ0) is 22.4. The molecule has 1 heterocycles. The number of benzene rings is 2. The molecule has 1 amide bonds. The standard InChI is InChI=1S/C24H28N2O5/c1-16-7-4-5-8-17(16)14-26-10-6-9-18(15-26)22(27)25-21-12-19(23(28)30-2)11-20(13-21)24(29)31-3/h4-5,7-8,11-13,18H,6,9-10,14-15H2,1-3H3,(H,25,27). The summed E-state index contributed by atoms with van der Waals surface area (Å²) in [7, 11) is 2.52. The molecule has 1 aliphatic rings. The molecular formula is C24H28N2O5. The predicted octanol–water partition coefficient (Wildman–Crippen LogP) is 3.42. The molecule has 2 aromatic carbocycles. The summed E-state index contributed by atoms with van der Waals surface area (Å²) in [5.74, 6) is -1.50. The van der Waals surface area contributed by atoms with Crippen molar-refractivity contribution < 1.29 is 23.9 Å². The Hall–Kier alpha value is -3.19. The first-order valence-electron chi connectivity index (χ1n) is 10.3. The minimum Gasteiger partial charge on any atom is -0.465 e. The van der Waals surface area contributed by atoms with Gasteiger partial charge >= 0.3 is 11.9 Å². The zero-order valence-corrected chi connectivity index (χ0v) is 18.1. The van der Waals surface area contributed by atoms with Crippen LogP contribution in [0.5, 0.6) is 0 Å². The van der Waals surface area contributed by atoms with Crippen molar-refractivity contribution >= 4 is 23.5 Å². The van der Waals surface area contributed by atoms with E-state index in [-0.39, 0.29) is 23.0 Å². The molecule has 0 radical (unpaired) electrons.